The molecule has 0 aliphatic carbocycles. The predicted molar refractivity (Wildman–Crippen MR) is 85.3 cm³/mol. The third kappa shape index (κ3) is 2.74. The summed E-state index contributed by atoms with van der Waals surface area (Å²) in [7, 11) is 0. The summed E-state index contributed by atoms with van der Waals surface area (Å²) in [4.78, 5) is 15.8. The summed E-state index contributed by atoms with van der Waals surface area (Å²) in [6.45, 7) is 7.61. The Kier molecular flexibility index (Phi) is 4.18. The van der Waals surface area contributed by atoms with Crippen molar-refractivity contribution in [2.75, 3.05) is 19.8 Å². The fourth-order valence-electron chi connectivity index (χ4n) is 2.96. The number of hydrogen-bond donors (Lipinski definition) is 2. The molecule has 0 saturated carbocycles. The Bertz CT molecular complexity index is 693. The number of hydrogen-bond acceptors (Lipinski definition) is 3. The molecule has 1 saturated heterocycles. The van der Waals surface area contributed by atoms with Crippen LogP contribution in [0.1, 0.15) is 28.5 Å². The van der Waals surface area contributed by atoms with Gasteiger partial charge in [-0.3, -0.25) is 4.79 Å². The highest BCUT2D eigenvalue weighted by atomic mass is 16.5. The van der Waals surface area contributed by atoms with Crippen LogP contribution in [-0.4, -0.2) is 42.9 Å². The van der Waals surface area contributed by atoms with Gasteiger partial charge in [0.1, 0.15) is 11.8 Å². The monoisotopic (exact) mass is 302 g/mol. The number of carbonyl (C=O) groups excluding carboxylic acids is 1. The normalized spacial score (nSPS) is 21.4. The lowest BCUT2D eigenvalue weighted by Crippen LogP contribution is -2.44. The minimum atomic E-state index is -0.105. The fourth-order valence-corrected chi connectivity index (χ4v) is 2.96. The van der Waals surface area contributed by atoms with Gasteiger partial charge in [0.2, 0.25) is 0 Å². The highest BCUT2D eigenvalue weighted by Crippen LogP contribution is 2.23. The SMILES string of the molecule is CCO[C@H]1COC[C@@H]1NC(=O)c1[nH]c2ccc(C)cc2c1C. The van der Waals surface area contributed by atoms with E-state index in [0.717, 1.165) is 16.5 Å². The van der Waals surface area contributed by atoms with Crippen LogP contribution in [0.4, 0.5) is 0 Å². The molecule has 1 aliphatic heterocycles. The van der Waals surface area contributed by atoms with E-state index in [0.29, 0.717) is 25.5 Å². The number of benzene rings is 1. The molecule has 0 bridgehead atoms. The minimum Gasteiger partial charge on any atom is -0.376 e. The molecule has 0 radical (unpaired) electrons. The zero-order valence-corrected chi connectivity index (χ0v) is 13.2. The Balaban J connectivity index is 1.82. The number of nitrogens with one attached hydrogen (secondary N) is 2. The number of aromatic nitrogens is 1. The maximum atomic E-state index is 12.6. The Morgan fingerprint density at radius 1 is 1.41 bits per heavy atom. The maximum absolute atomic E-state index is 12.6. The number of carbonyl (C=O) groups is 1. The Morgan fingerprint density at radius 2 is 2.23 bits per heavy atom. The van der Waals surface area contributed by atoms with E-state index in [2.05, 4.69) is 16.4 Å². The lowest BCUT2D eigenvalue weighted by Gasteiger charge is -2.18. The smallest absolute Gasteiger partial charge is 0.268 e. The number of aromatic amines is 1. The number of amides is 1. The van der Waals surface area contributed by atoms with Crippen LogP contribution in [0.25, 0.3) is 10.9 Å². The van der Waals surface area contributed by atoms with Crippen molar-refractivity contribution < 1.29 is 14.3 Å². The van der Waals surface area contributed by atoms with E-state index in [9.17, 15) is 4.79 Å². The highest BCUT2D eigenvalue weighted by Gasteiger charge is 2.31. The summed E-state index contributed by atoms with van der Waals surface area (Å²) in [5.41, 5.74) is 3.75. The van der Waals surface area contributed by atoms with Crippen LogP contribution in [0.2, 0.25) is 0 Å². The number of fused-ring (bicyclic) bond motifs is 1. The summed E-state index contributed by atoms with van der Waals surface area (Å²) in [6, 6.07) is 6.05. The first-order valence-corrected chi connectivity index (χ1v) is 7.69. The molecule has 118 valence electrons. The van der Waals surface area contributed by atoms with E-state index in [1.807, 2.05) is 32.9 Å². The first-order chi connectivity index (χ1) is 10.6. The molecule has 22 heavy (non-hydrogen) atoms. The van der Waals surface area contributed by atoms with Gasteiger partial charge in [0.25, 0.3) is 5.91 Å². The molecule has 1 aromatic heterocycles. The third-order valence-electron chi connectivity index (χ3n) is 4.17. The first-order valence-electron chi connectivity index (χ1n) is 7.69. The quantitative estimate of drug-likeness (QED) is 0.911. The minimum absolute atomic E-state index is 0.0686. The molecule has 2 atom stereocenters. The van der Waals surface area contributed by atoms with Crippen LogP contribution < -0.4 is 5.32 Å². The van der Waals surface area contributed by atoms with Gasteiger partial charge in [0, 0.05) is 17.5 Å². The zero-order valence-electron chi connectivity index (χ0n) is 13.2. The van der Waals surface area contributed by atoms with Gasteiger partial charge >= 0.3 is 0 Å². The number of rotatable bonds is 4. The van der Waals surface area contributed by atoms with Gasteiger partial charge in [-0.25, -0.2) is 0 Å². The maximum Gasteiger partial charge on any atom is 0.268 e. The molecule has 2 aromatic rings. The van der Waals surface area contributed by atoms with Crippen LogP contribution in [-0.2, 0) is 9.47 Å². The summed E-state index contributed by atoms with van der Waals surface area (Å²) in [5.74, 6) is -0.105. The van der Waals surface area contributed by atoms with Gasteiger partial charge in [-0.15, -0.1) is 0 Å². The molecular weight excluding hydrogens is 280 g/mol. The fraction of sp³-hybridized carbons (Fsp3) is 0.471. The molecule has 0 unspecified atom stereocenters. The second kappa shape index (κ2) is 6.10. The molecule has 0 spiro atoms. The molecule has 5 heteroatoms. The zero-order chi connectivity index (χ0) is 15.7. The predicted octanol–water partition coefficient (Wildman–Crippen LogP) is 2.32. The second-order valence-corrected chi connectivity index (χ2v) is 5.79. The topological polar surface area (TPSA) is 63.4 Å². The largest absolute Gasteiger partial charge is 0.376 e. The summed E-state index contributed by atoms with van der Waals surface area (Å²) >= 11 is 0. The Hall–Kier alpha value is -1.85. The molecule has 1 amide bonds. The van der Waals surface area contributed by atoms with Crippen molar-refractivity contribution in [3.05, 3.63) is 35.0 Å². The molecule has 1 fully saturated rings. The molecule has 3 rings (SSSR count). The number of ether oxygens (including phenoxy) is 2. The third-order valence-corrected chi connectivity index (χ3v) is 4.17. The Morgan fingerprint density at radius 3 is 3.00 bits per heavy atom. The van der Waals surface area contributed by atoms with E-state index in [4.69, 9.17) is 9.47 Å². The van der Waals surface area contributed by atoms with Crippen molar-refractivity contribution in [3.8, 4) is 0 Å². The van der Waals surface area contributed by atoms with Crippen molar-refractivity contribution in [2.45, 2.75) is 32.9 Å². The summed E-state index contributed by atoms with van der Waals surface area (Å²) in [5, 5.41) is 4.12. The Labute approximate surface area is 130 Å². The van der Waals surface area contributed by atoms with E-state index in [1.165, 1.54) is 5.56 Å². The van der Waals surface area contributed by atoms with E-state index >= 15 is 0 Å². The van der Waals surface area contributed by atoms with Gasteiger partial charge in [-0.2, -0.15) is 0 Å². The number of aryl methyl sites for hydroxylation is 2. The molecule has 1 aliphatic rings. The summed E-state index contributed by atoms with van der Waals surface area (Å²) < 4.78 is 11.0. The highest BCUT2D eigenvalue weighted by molar-refractivity contribution is 6.01. The molecular formula is C17H22N2O3. The molecule has 5 nitrogen and oxygen atoms in total. The van der Waals surface area contributed by atoms with Crippen LogP contribution in [0.5, 0.6) is 0 Å². The van der Waals surface area contributed by atoms with E-state index in [1.54, 1.807) is 0 Å². The second-order valence-electron chi connectivity index (χ2n) is 5.79. The van der Waals surface area contributed by atoms with Gasteiger partial charge < -0.3 is 19.8 Å². The molecule has 2 heterocycles. The standard InChI is InChI=1S/C17H22N2O3/c1-4-22-15-9-21-8-14(15)19-17(20)16-11(3)12-7-10(2)5-6-13(12)18-16/h5-7,14-15,18H,4,8-9H2,1-3H3,(H,19,20)/t14-,15-/m0/s1. The number of H-pyrrole nitrogens is 1. The molecule has 2 N–H and O–H groups in total. The van der Waals surface area contributed by atoms with Gasteiger partial charge in [0.15, 0.2) is 0 Å². The van der Waals surface area contributed by atoms with Crippen molar-refractivity contribution in [2.24, 2.45) is 0 Å². The molecule has 1 aromatic carbocycles. The van der Waals surface area contributed by atoms with Crippen molar-refractivity contribution in [3.63, 3.8) is 0 Å². The van der Waals surface area contributed by atoms with E-state index in [-0.39, 0.29) is 18.1 Å². The van der Waals surface area contributed by atoms with Gasteiger partial charge in [0.05, 0.1) is 19.3 Å². The van der Waals surface area contributed by atoms with Crippen LogP contribution >= 0.6 is 0 Å². The van der Waals surface area contributed by atoms with Crippen molar-refractivity contribution in [1.82, 2.24) is 10.3 Å². The van der Waals surface area contributed by atoms with Crippen LogP contribution in [0, 0.1) is 13.8 Å². The lowest BCUT2D eigenvalue weighted by atomic mass is 10.1. The van der Waals surface area contributed by atoms with E-state index < -0.39 is 0 Å². The van der Waals surface area contributed by atoms with Crippen LogP contribution in [0.3, 0.4) is 0 Å². The van der Waals surface area contributed by atoms with Gasteiger partial charge in [-0.05, 0) is 38.5 Å². The first kappa shape index (κ1) is 15.1. The lowest BCUT2D eigenvalue weighted by molar-refractivity contribution is 0.0402. The average Bonchev–Trinajstić information content (AvgIpc) is 3.05. The summed E-state index contributed by atoms with van der Waals surface area (Å²) in [6.07, 6.45) is -0.0686. The average molecular weight is 302 g/mol. The van der Waals surface area contributed by atoms with Crippen LogP contribution in [0.15, 0.2) is 18.2 Å². The van der Waals surface area contributed by atoms with Crippen molar-refractivity contribution in [1.29, 1.82) is 0 Å². The van der Waals surface area contributed by atoms with Crippen molar-refractivity contribution >= 4 is 16.8 Å². The van der Waals surface area contributed by atoms with Gasteiger partial charge in [-0.1, -0.05) is 11.6 Å².